The van der Waals surface area contributed by atoms with Crippen molar-refractivity contribution in [1.82, 2.24) is 10.2 Å². The molecule has 1 saturated heterocycles. The molecular weight excluding hydrogens is 316 g/mol. The minimum absolute atomic E-state index is 0.159. The summed E-state index contributed by atoms with van der Waals surface area (Å²) >= 11 is 0. The predicted octanol–water partition coefficient (Wildman–Crippen LogP) is 2.45. The van der Waals surface area contributed by atoms with Gasteiger partial charge in [-0.15, -0.1) is 0 Å². The molecule has 0 unspecified atom stereocenters. The zero-order chi connectivity index (χ0) is 17.6. The summed E-state index contributed by atoms with van der Waals surface area (Å²) in [4.78, 5) is 14.7. The highest BCUT2D eigenvalue weighted by molar-refractivity contribution is 5.76. The van der Waals surface area contributed by atoms with E-state index in [0.29, 0.717) is 31.6 Å². The molecule has 0 aromatic heterocycles. The Balaban J connectivity index is 1.60. The van der Waals surface area contributed by atoms with Crippen LogP contribution in [-0.4, -0.2) is 50.3 Å². The van der Waals surface area contributed by atoms with Crippen molar-refractivity contribution in [1.29, 1.82) is 0 Å². The molecule has 0 radical (unpaired) electrons. The molecule has 1 aliphatic heterocycles. The third-order valence-corrected chi connectivity index (χ3v) is 5.41. The molecule has 5 heteroatoms. The fourth-order valence-electron chi connectivity index (χ4n) is 3.45. The summed E-state index contributed by atoms with van der Waals surface area (Å²) in [6.07, 6.45) is 3.06. The molecule has 1 aromatic carbocycles. The van der Waals surface area contributed by atoms with Crippen molar-refractivity contribution in [3.8, 4) is 5.75 Å². The highest BCUT2D eigenvalue weighted by Crippen LogP contribution is 2.28. The molecule has 1 saturated carbocycles. The first-order chi connectivity index (χ1) is 12.2. The Morgan fingerprint density at radius 3 is 2.92 bits per heavy atom. The van der Waals surface area contributed by atoms with Gasteiger partial charge in [-0.25, -0.2) is 0 Å². The first-order valence-corrected chi connectivity index (χ1v) is 9.37. The lowest BCUT2D eigenvalue weighted by molar-refractivity contribution is -0.122. The molecule has 5 nitrogen and oxygen atoms in total. The van der Waals surface area contributed by atoms with Gasteiger partial charge in [0.1, 0.15) is 5.75 Å². The van der Waals surface area contributed by atoms with Crippen molar-refractivity contribution in [2.75, 3.05) is 33.4 Å². The zero-order valence-corrected chi connectivity index (χ0v) is 15.4. The van der Waals surface area contributed by atoms with E-state index in [1.165, 1.54) is 18.4 Å². The second kappa shape index (κ2) is 8.68. The van der Waals surface area contributed by atoms with Gasteiger partial charge in [-0.2, -0.15) is 0 Å². The Labute approximate surface area is 150 Å². The van der Waals surface area contributed by atoms with Crippen LogP contribution in [0.1, 0.15) is 31.7 Å². The van der Waals surface area contributed by atoms with Crippen LogP contribution in [-0.2, 0) is 16.1 Å². The summed E-state index contributed by atoms with van der Waals surface area (Å²) in [6.45, 7) is 6.10. The Hall–Kier alpha value is -1.59. The van der Waals surface area contributed by atoms with Gasteiger partial charge in [0.05, 0.1) is 20.3 Å². The molecule has 0 bridgehead atoms. The van der Waals surface area contributed by atoms with Crippen LogP contribution in [0.3, 0.4) is 0 Å². The number of amides is 1. The first kappa shape index (κ1) is 18.2. The molecule has 1 N–H and O–H groups in total. The van der Waals surface area contributed by atoms with E-state index in [1.54, 1.807) is 7.11 Å². The lowest BCUT2D eigenvalue weighted by Gasteiger charge is -2.31. The molecular formula is C20H30N2O3. The van der Waals surface area contributed by atoms with Crippen molar-refractivity contribution in [2.24, 2.45) is 11.8 Å². The molecule has 1 aromatic rings. The number of nitrogens with one attached hydrogen (secondary N) is 1. The summed E-state index contributed by atoms with van der Waals surface area (Å²) in [5.74, 6) is 2.01. The van der Waals surface area contributed by atoms with Crippen LogP contribution in [0.15, 0.2) is 24.3 Å². The lowest BCUT2D eigenvalue weighted by Crippen LogP contribution is -2.40. The van der Waals surface area contributed by atoms with Crippen molar-refractivity contribution in [3.63, 3.8) is 0 Å². The fraction of sp³-hybridized carbons (Fsp3) is 0.650. The van der Waals surface area contributed by atoms with E-state index in [-0.39, 0.29) is 11.8 Å². The quantitative estimate of drug-likeness (QED) is 0.824. The number of hydrogen-bond donors (Lipinski definition) is 1. The summed E-state index contributed by atoms with van der Waals surface area (Å²) in [6, 6.07) is 8.43. The third kappa shape index (κ3) is 5.19. The summed E-state index contributed by atoms with van der Waals surface area (Å²) in [5.41, 5.74) is 1.18. The van der Waals surface area contributed by atoms with Crippen molar-refractivity contribution < 1.29 is 14.3 Å². The SMILES string of the molecule is COc1ccccc1CN1CCOC[C@H](CC(=O)NCC2CC2)[C@H]1C. The van der Waals surface area contributed by atoms with Crippen LogP contribution in [0.4, 0.5) is 0 Å². The highest BCUT2D eigenvalue weighted by Gasteiger charge is 2.29. The second-order valence-electron chi connectivity index (χ2n) is 7.31. The maximum atomic E-state index is 12.3. The average Bonchev–Trinajstić information content (AvgIpc) is 3.46. The fourth-order valence-corrected chi connectivity index (χ4v) is 3.45. The molecule has 2 fully saturated rings. The first-order valence-electron chi connectivity index (χ1n) is 9.37. The number of nitrogens with zero attached hydrogens (tertiary/aromatic N) is 1. The van der Waals surface area contributed by atoms with Crippen LogP contribution in [0.5, 0.6) is 5.75 Å². The van der Waals surface area contributed by atoms with Crippen molar-refractivity contribution >= 4 is 5.91 Å². The Morgan fingerprint density at radius 2 is 2.16 bits per heavy atom. The van der Waals surface area contributed by atoms with Gasteiger partial charge in [0.25, 0.3) is 0 Å². The van der Waals surface area contributed by atoms with Crippen LogP contribution in [0.25, 0.3) is 0 Å². The van der Waals surface area contributed by atoms with Gasteiger partial charge < -0.3 is 14.8 Å². The Kier molecular flexibility index (Phi) is 6.32. The van der Waals surface area contributed by atoms with Gasteiger partial charge >= 0.3 is 0 Å². The third-order valence-electron chi connectivity index (χ3n) is 5.41. The average molecular weight is 346 g/mol. The van der Waals surface area contributed by atoms with Crippen LogP contribution in [0, 0.1) is 11.8 Å². The Bertz CT molecular complexity index is 574. The minimum atomic E-state index is 0.159. The van der Waals surface area contributed by atoms with Gasteiger partial charge in [-0.05, 0) is 31.7 Å². The van der Waals surface area contributed by atoms with Crippen LogP contribution >= 0.6 is 0 Å². The molecule has 3 rings (SSSR count). The maximum absolute atomic E-state index is 12.3. The monoisotopic (exact) mass is 346 g/mol. The molecule has 138 valence electrons. The maximum Gasteiger partial charge on any atom is 0.220 e. The summed E-state index contributed by atoms with van der Waals surface area (Å²) in [7, 11) is 1.71. The predicted molar refractivity (Wildman–Crippen MR) is 97.5 cm³/mol. The minimum Gasteiger partial charge on any atom is -0.496 e. The van der Waals surface area contributed by atoms with Crippen LogP contribution < -0.4 is 10.1 Å². The molecule has 1 heterocycles. The van der Waals surface area contributed by atoms with E-state index in [1.807, 2.05) is 18.2 Å². The number of carbonyl (C=O) groups is 1. The van der Waals surface area contributed by atoms with E-state index in [0.717, 1.165) is 25.4 Å². The van der Waals surface area contributed by atoms with E-state index in [4.69, 9.17) is 9.47 Å². The van der Waals surface area contributed by atoms with Crippen LogP contribution in [0.2, 0.25) is 0 Å². The molecule has 0 spiro atoms. The molecule has 2 atom stereocenters. The largest absolute Gasteiger partial charge is 0.496 e. The topological polar surface area (TPSA) is 50.8 Å². The molecule has 25 heavy (non-hydrogen) atoms. The molecule has 1 aliphatic carbocycles. The lowest BCUT2D eigenvalue weighted by atomic mass is 9.96. The van der Waals surface area contributed by atoms with Gasteiger partial charge in [-0.1, -0.05) is 18.2 Å². The standard InChI is InChI=1S/C20H30N2O3/c1-15-18(11-20(23)21-12-16-7-8-16)14-25-10-9-22(15)13-17-5-3-4-6-19(17)24-2/h3-6,15-16,18H,7-14H2,1-2H3,(H,21,23)/t15-,18+/m1/s1. The zero-order valence-electron chi connectivity index (χ0n) is 15.4. The number of ether oxygens (including phenoxy) is 2. The van der Waals surface area contributed by atoms with Gasteiger partial charge in [0.15, 0.2) is 0 Å². The number of benzene rings is 1. The summed E-state index contributed by atoms with van der Waals surface area (Å²) < 4.78 is 11.3. The molecule has 1 amide bonds. The Morgan fingerprint density at radius 1 is 1.36 bits per heavy atom. The normalized spacial score (nSPS) is 24.6. The summed E-state index contributed by atoms with van der Waals surface area (Å²) in [5, 5.41) is 3.08. The van der Waals surface area contributed by atoms with Crippen molar-refractivity contribution in [2.45, 2.75) is 38.8 Å². The van der Waals surface area contributed by atoms with E-state index >= 15 is 0 Å². The number of methoxy groups -OCH3 is 1. The number of rotatable bonds is 7. The number of carbonyl (C=O) groups excluding carboxylic acids is 1. The van der Waals surface area contributed by atoms with Gasteiger partial charge in [0.2, 0.25) is 5.91 Å². The molecule has 2 aliphatic rings. The van der Waals surface area contributed by atoms with E-state index in [2.05, 4.69) is 23.2 Å². The van der Waals surface area contributed by atoms with E-state index < -0.39 is 0 Å². The second-order valence-corrected chi connectivity index (χ2v) is 7.31. The van der Waals surface area contributed by atoms with Crippen molar-refractivity contribution in [3.05, 3.63) is 29.8 Å². The number of para-hydroxylation sites is 1. The van der Waals surface area contributed by atoms with Gasteiger partial charge in [0, 0.05) is 43.6 Å². The highest BCUT2D eigenvalue weighted by atomic mass is 16.5. The van der Waals surface area contributed by atoms with E-state index in [9.17, 15) is 4.79 Å². The smallest absolute Gasteiger partial charge is 0.220 e. The number of hydrogen-bond acceptors (Lipinski definition) is 4. The van der Waals surface area contributed by atoms with Gasteiger partial charge in [-0.3, -0.25) is 9.69 Å².